The molecule has 2 rings (SSSR count). The lowest BCUT2D eigenvalue weighted by atomic mass is 9.86. The first-order valence-electron chi connectivity index (χ1n) is 5.90. The number of rotatable bonds is 2. The highest BCUT2D eigenvalue weighted by molar-refractivity contribution is 5.89. The van der Waals surface area contributed by atoms with Gasteiger partial charge < -0.3 is 9.73 Å². The van der Waals surface area contributed by atoms with Crippen LogP contribution in [-0.2, 0) is 0 Å². The van der Waals surface area contributed by atoms with Crippen molar-refractivity contribution in [2.24, 2.45) is 5.92 Å². The molecule has 1 aliphatic carbocycles. The van der Waals surface area contributed by atoms with Crippen molar-refractivity contribution in [3.05, 3.63) is 17.8 Å². The maximum atomic E-state index is 11.8. The zero-order valence-corrected chi connectivity index (χ0v) is 9.82. The summed E-state index contributed by atoms with van der Waals surface area (Å²) in [7, 11) is 0. The highest BCUT2D eigenvalue weighted by Gasteiger charge is 2.24. The Morgan fingerprint density at radius 3 is 2.88 bits per heavy atom. The van der Waals surface area contributed by atoms with Gasteiger partial charge in [0.15, 0.2) is 0 Å². The Morgan fingerprint density at radius 1 is 1.50 bits per heavy atom. The molecule has 2 atom stereocenters. The monoisotopic (exact) mass is 222 g/mol. The van der Waals surface area contributed by atoms with Gasteiger partial charge in [0.1, 0.15) is 5.76 Å². The van der Waals surface area contributed by atoms with Gasteiger partial charge >= 0.3 is 5.91 Å². The summed E-state index contributed by atoms with van der Waals surface area (Å²) in [6.07, 6.45) is 6.28. The van der Waals surface area contributed by atoms with E-state index in [9.17, 15) is 4.79 Å². The summed E-state index contributed by atoms with van der Waals surface area (Å²) in [4.78, 5) is 15.7. The standard InChI is InChI=1S/C12H18N2O2/c1-8-5-3-4-6-10(8)14-11(15)12-13-7-9(2)16-12/h7-8,10H,3-6H2,1-2H3,(H,14,15). The van der Waals surface area contributed by atoms with E-state index in [-0.39, 0.29) is 17.8 Å². The maximum absolute atomic E-state index is 11.8. The smallest absolute Gasteiger partial charge is 0.307 e. The normalized spacial score (nSPS) is 25.4. The second-order valence-electron chi connectivity index (χ2n) is 4.62. The molecule has 4 heteroatoms. The van der Waals surface area contributed by atoms with Crippen LogP contribution in [0.5, 0.6) is 0 Å². The van der Waals surface area contributed by atoms with E-state index in [1.165, 1.54) is 19.3 Å². The van der Waals surface area contributed by atoms with Crippen molar-refractivity contribution < 1.29 is 9.21 Å². The van der Waals surface area contributed by atoms with Gasteiger partial charge in [-0.05, 0) is 25.7 Å². The van der Waals surface area contributed by atoms with E-state index in [1.807, 2.05) is 0 Å². The largest absolute Gasteiger partial charge is 0.438 e. The van der Waals surface area contributed by atoms with Crippen LogP contribution < -0.4 is 5.32 Å². The predicted molar refractivity (Wildman–Crippen MR) is 60.1 cm³/mol. The topological polar surface area (TPSA) is 55.1 Å². The number of nitrogens with zero attached hydrogens (tertiary/aromatic N) is 1. The molecule has 0 aliphatic heterocycles. The number of oxazole rings is 1. The van der Waals surface area contributed by atoms with Gasteiger partial charge in [0, 0.05) is 6.04 Å². The molecule has 1 N–H and O–H groups in total. The molecule has 4 nitrogen and oxygen atoms in total. The van der Waals surface area contributed by atoms with Crippen molar-refractivity contribution in [3.63, 3.8) is 0 Å². The van der Waals surface area contributed by atoms with Crippen LogP contribution in [0.25, 0.3) is 0 Å². The fraction of sp³-hybridized carbons (Fsp3) is 0.667. The van der Waals surface area contributed by atoms with Gasteiger partial charge in [0.25, 0.3) is 5.89 Å². The fourth-order valence-corrected chi connectivity index (χ4v) is 2.22. The molecule has 2 unspecified atom stereocenters. The maximum Gasteiger partial charge on any atom is 0.307 e. The SMILES string of the molecule is Cc1cnc(C(=O)NC2CCCCC2C)o1. The van der Waals surface area contributed by atoms with Crippen molar-refractivity contribution in [2.45, 2.75) is 45.6 Å². The van der Waals surface area contributed by atoms with Crippen LogP contribution >= 0.6 is 0 Å². The number of carbonyl (C=O) groups is 1. The molecule has 1 aromatic heterocycles. The first-order chi connectivity index (χ1) is 7.66. The van der Waals surface area contributed by atoms with Crippen molar-refractivity contribution >= 4 is 5.91 Å². The highest BCUT2D eigenvalue weighted by Crippen LogP contribution is 2.23. The molecule has 88 valence electrons. The summed E-state index contributed by atoms with van der Waals surface area (Å²) < 4.78 is 5.20. The number of amides is 1. The lowest BCUT2D eigenvalue weighted by molar-refractivity contribution is 0.0873. The first kappa shape index (κ1) is 11.2. The van der Waals surface area contributed by atoms with Crippen molar-refractivity contribution in [1.82, 2.24) is 10.3 Å². The zero-order valence-electron chi connectivity index (χ0n) is 9.82. The number of nitrogens with one attached hydrogen (secondary N) is 1. The quantitative estimate of drug-likeness (QED) is 0.835. The summed E-state index contributed by atoms with van der Waals surface area (Å²) in [6.45, 7) is 3.97. The van der Waals surface area contributed by atoms with Gasteiger partial charge in [-0.15, -0.1) is 0 Å². The molecule has 1 aliphatic rings. The van der Waals surface area contributed by atoms with Gasteiger partial charge in [-0.25, -0.2) is 4.98 Å². The lowest BCUT2D eigenvalue weighted by Crippen LogP contribution is -2.41. The van der Waals surface area contributed by atoms with Crippen molar-refractivity contribution in [3.8, 4) is 0 Å². The highest BCUT2D eigenvalue weighted by atomic mass is 16.4. The molecule has 0 aromatic carbocycles. The molecule has 0 bridgehead atoms. The third-order valence-electron chi connectivity index (χ3n) is 3.24. The van der Waals surface area contributed by atoms with Crippen LogP contribution in [0.15, 0.2) is 10.6 Å². The lowest BCUT2D eigenvalue weighted by Gasteiger charge is -2.28. The minimum absolute atomic E-state index is 0.176. The average Bonchev–Trinajstić information content (AvgIpc) is 2.68. The molecule has 1 amide bonds. The van der Waals surface area contributed by atoms with Crippen molar-refractivity contribution in [1.29, 1.82) is 0 Å². The van der Waals surface area contributed by atoms with E-state index >= 15 is 0 Å². The van der Waals surface area contributed by atoms with Crippen molar-refractivity contribution in [2.75, 3.05) is 0 Å². The Morgan fingerprint density at radius 2 is 2.25 bits per heavy atom. The van der Waals surface area contributed by atoms with Gasteiger partial charge in [0.2, 0.25) is 0 Å². The van der Waals surface area contributed by atoms with E-state index < -0.39 is 0 Å². The Balaban J connectivity index is 1.96. The van der Waals surface area contributed by atoms with Crippen LogP contribution in [-0.4, -0.2) is 16.9 Å². The molecule has 0 spiro atoms. The average molecular weight is 222 g/mol. The summed E-state index contributed by atoms with van der Waals surface area (Å²) in [5.74, 6) is 1.21. The predicted octanol–water partition coefficient (Wildman–Crippen LogP) is 2.29. The van der Waals surface area contributed by atoms with Gasteiger partial charge in [0.05, 0.1) is 6.20 Å². The van der Waals surface area contributed by atoms with E-state index in [1.54, 1.807) is 13.1 Å². The van der Waals surface area contributed by atoms with E-state index in [4.69, 9.17) is 4.42 Å². The van der Waals surface area contributed by atoms with E-state index in [0.717, 1.165) is 6.42 Å². The Labute approximate surface area is 95.4 Å². The Kier molecular flexibility index (Phi) is 3.27. The molecule has 16 heavy (non-hydrogen) atoms. The molecule has 0 saturated heterocycles. The third kappa shape index (κ3) is 2.43. The number of hydrogen-bond donors (Lipinski definition) is 1. The van der Waals surface area contributed by atoms with Crippen LogP contribution in [0.1, 0.15) is 49.1 Å². The van der Waals surface area contributed by atoms with Crippen LogP contribution in [0, 0.1) is 12.8 Å². The van der Waals surface area contributed by atoms with Gasteiger partial charge in [-0.1, -0.05) is 19.8 Å². The van der Waals surface area contributed by atoms with E-state index in [0.29, 0.717) is 11.7 Å². The molecule has 1 fully saturated rings. The van der Waals surface area contributed by atoms with Gasteiger partial charge in [-0.2, -0.15) is 0 Å². The molecule has 1 aromatic rings. The minimum atomic E-state index is -0.188. The number of aromatic nitrogens is 1. The van der Waals surface area contributed by atoms with Crippen LogP contribution in [0.2, 0.25) is 0 Å². The van der Waals surface area contributed by atoms with Crippen LogP contribution in [0.3, 0.4) is 0 Å². The number of carbonyl (C=O) groups excluding carboxylic acids is 1. The molecule has 1 heterocycles. The summed E-state index contributed by atoms with van der Waals surface area (Å²) in [5.41, 5.74) is 0. The molecule has 0 radical (unpaired) electrons. The number of aryl methyl sites for hydroxylation is 1. The molecule has 1 saturated carbocycles. The third-order valence-corrected chi connectivity index (χ3v) is 3.24. The first-order valence-corrected chi connectivity index (χ1v) is 5.90. The summed E-state index contributed by atoms with van der Waals surface area (Å²) >= 11 is 0. The summed E-state index contributed by atoms with van der Waals surface area (Å²) in [6, 6.07) is 0.272. The molecular weight excluding hydrogens is 204 g/mol. The number of hydrogen-bond acceptors (Lipinski definition) is 3. The zero-order chi connectivity index (χ0) is 11.5. The minimum Gasteiger partial charge on any atom is -0.438 e. The second kappa shape index (κ2) is 4.68. The summed E-state index contributed by atoms with van der Waals surface area (Å²) in [5, 5.41) is 3.00. The molecular formula is C12H18N2O2. The van der Waals surface area contributed by atoms with Gasteiger partial charge in [-0.3, -0.25) is 4.79 Å². The van der Waals surface area contributed by atoms with Crippen LogP contribution in [0.4, 0.5) is 0 Å². The Bertz CT molecular complexity index is 373. The second-order valence-corrected chi connectivity index (χ2v) is 4.62. The van der Waals surface area contributed by atoms with E-state index in [2.05, 4.69) is 17.2 Å². The Hall–Kier alpha value is -1.32. The fourth-order valence-electron chi connectivity index (χ4n) is 2.22.